The Balaban J connectivity index is 1.13. The van der Waals surface area contributed by atoms with Crippen molar-refractivity contribution in [2.75, 3.05) is 19.6 Å². The normalized spacial score (nSPS) is 20.3. The van der Waals surface area contributed by atoms with Gasteiger partial charge >= 0.3 is 6.18 Å². The van der Waals surface area contributed by atoms with Crippen LogP contribution in [0.5, 0.6) is 11.5 Å². The Bertz CT molecular complexity index is 1190. The summed E-state index contributed by atoms with van der Waals surface area (Å²) in [6.45, 7) is 0.971. The summed E-state index contributed by atoms with van der Waals surface area (Å²) in [6.07, 6.45) is -1.24. The van der Waals surface area contributed by atoms with Crippen LogP contribution >= 0.6 is 0 Å². The number of nitrogens with zero attached hydrogens (tertiary/aromatic N) is 1. The fourth-order valence-electron chi connectivity index (χ4n) is 4.80. The highest BCUT2D eigenvalue weighted by Gasteiger charge is 2.35. The van der Waals surface area contributed by atoms with Crippen molar-refractivity contribution in [3.05, 3.63) is 59.2 Å². The van der Waals surface area contributed by atoms with Gasteiger partial charge in [0.05, 0.1) is 18.2 Å². The maximum atomic E-state index is 12.8. The number of likely N-dealkylation sites (tertiary alicyclic amines) is 1. The minimum absolute atomic E-state index is 0.00640. The molecule has 1 saturated carbocycles. The second kappa shape index (κ2) is 11.3. The van der Waals surface area contributed by atoms with Gasteiger partial charge in [-0.25, -0.2) is 0 Å². The van der Waals surface area contributed by atoms with Crippen molar-refractivity contribution in [3.63, 3.8) is 0 Å². The van der Waals surface area contributed by atoms with Crippen LogP contribution in [0.2, 0.25) is 0 Å². The van der Waals surface area contributed by atoms with Crippen LogP contribution in [0.1, 0.15) is 52.0 Å². The molecule has 0 unspecified atom stereocenters. The minimum atomic E-state index is -4.56. The number of nitrogens with one attached hydrogen (secondary N) is 3. The van der Waals surface area contributed by atoms with Crippen LogP contribution in [0.15, 0.2) is 42.5 Å². The number of halogens is 3. The Hall–Kier alpha value is -3.80. The van der Waals surface area contributed by atoms with Gasteiger partial charge in [-0.2, -0.15) is 13.2 Å². The predicted molar refractivity (Wildman–Crippen MR) is 131 cm³/mol. The lowest BCUT2D eigenvalue weighted by molar-refractivity contribution is -0.137. The quantitative estimate of drug-likeness (QED) is 0.347. The molecule has 0 radical (unpaired) electrons. The third kappa shape index (κ3) is 6.74. The SMILES string of the molecule is O=C(CNC(=O)c1cccc(C(F)(F)F)c1)NC1CN(C2CCC(NC(=O)c3ccc(O)c(O)c3)CC2)C1. The Morgan fingerprint density at radius 2 is 1.53 bits per heavy atom. The molecule has 1 aliphatic carbocycles. The van der Waals surface area contributed by atoms with E-state index in [-0.39, 0.29) is 47.2 Å². The Morgan fingerprint density at radius 3 is 2.18 bits per heavy atom. The molecule has 12 heteroatoms. The molecule has 2 aromatic carbocycles. The molecule has 5 N–H and O–H groups in total. The van der Waals surface area contributed by atoms with E-state index >= 15 is 0 Å². The molecule has 2 aromatic rings. The Labute approximate surface area is 217 Å². The van der Waals surface area contributed by atoms with Gasteiger partial charge in [-0.1, -0.05) is 6.07 Å². The molecule has 1 heterocycles. The van der Waals surface area contributed by atoms with E-state index < -0.39 is 23.6 Å². The number of hydrogen-bond donors (Lipinski definition) is 5. The van der Waals surface area contributed by atoms with Crippen molar-refractivity contribution in [3.8, 4) is 11.5 Å². The molecule has 9 nitrogen and oxygen atoms in total. The van der Waals surface area contributed by atoms with Gasteiger partial charge < -0.3 is 26.2 Å². The lowest BCUT2D eigenvalue weighted by Crippen LogP contribution is -2.63. The maximum absolute atomic E-state index is 12.8. The maximum Gasteiger partial charge on any atom is 0.416 e. The third-order valence-electron chi connectivity index (χ3n) is 6.92. The number of aromatic hydroxyl groups is 2. The van der Waals surface area contributed by atoms with E-state index in [0.717, 1.165) is 43.9 Å². The van der Waals surface area contributed by atoms with E-state index in [1.165, 1.54) is 24.3 Å². The molecule has 2 fully saturated rings. The van der Waals surface area contributed by atoms with Crippen LogP contribution < -0.4 is 16.0 Å². The van der Waals surface area contributed by atoms with Crippen molar-refractivity contribution in [1.82, 2.24) is 20.9 Å². The number of benzene rings is 2. The summed E-state index contributed by atoms with van der Waals surface area (Å²) >= 11 is 0. The largest absolute Gasteiger partial charge is 0.504 e. The number of carbonyl (C=O) groups is 3. The van der Waals surface area contributed by atoms with Crippen molar-refractivity contribution in [2.45, 2.75) is 50.0 Å². The molecule has 2 aliphatic rings. The fraction of sp³-hybridized carbons (Fsp3) is 0.423. The van der Waals surface area contributed by atoms with Crippen molar-refractivity contribution in [1.29, 1.82) is 0 Å². The van der Waals surface area contributed by atoms with Crippen molar-refractivity contribution >= 4 is 17.7 Å². The lowest BCUT2D eigenvalue weighted by Gasteiger charge is -2.46. The van der Waals surface area contributed by atoms with Crippen molar-refractivity contribution in [2.24, 2.45) is 0 Å². The first-order valence-electron chi connectivity index (χ1n) is 12.3. The molecule has 0 aromatic heterocycles. The first-order valence-corrected chi connectivity index (χ1v) is 12.3. The molecule has 1 aliphatic heterocycles. The molecular weight excluding hydrogens is 505 g/mol. The number of carbonyl (C=O) groups excluding carboxylic acids is 3. The van der Waals surface area contributed by atoms with Gasteiger partial charge in [0.1, 0.15) is 0 Å². The van der Waals surface area contributed by atoms with Gasteiger partial charge in [0.2, 0.25) is 5.91 Å². The topological polar surface area (TPSA) is 131 Å². The summed E-state index contributed by atoms with van der Waals surface area (Å²) in [6, 6.07) is 8.21. The van der Waals surface area contributed by atoms with Gasteiger partial charge in [0.15, 0.2) is 11.5 Å². The summed E-state index contributed by atoms with van der Waals surface area (Å²) < 4.78 is 38.5. The summed E-state index contributed by atoms with van der Waals surface area (Å²) in [5, 5.41) is 27.1. The lowest BCUT2D eigenvalue weighted by atomic mass is 9.88. The molecule has 0 spiro atoms. The highest BCUT2D eigenvalue weighted by atomic mass is 19.4. The van der Waals surface area contributed by atoms with Crippen LogP contribution in [-0.2, 0) is 11.0 Å². The first-order chi connectivity index (χ1) is 18.0. The van der Waals surface area contributed by atoms with Crippen LogP contribution in [0.3, 0.4) is 0 Å². The third-order valence-corrected chi connectivity index (χ3v) is 6.92. The highest BCUT2D eigenvalue weighted by Crippen LogP contribution is 2.30. The van der Waals surface area contributed by atoms with Crippen LogP contribution in [0, 0.1) is 0 Å². The number of phenolic OH excluding ortho intramolecular Hbond substituents is 2. The summed E-state index contributed by atoms with van der Waals surface area (Å²) in [7, 11) is 0. The summed E-state index contributed by atoms with van der Waals surface area (Å²) in [5.41, 5.74) is -0.830. The number of rotatable bonds is 7. The van der Waals surface area contributed by atoms with Gasteiger partial charge in [-0.15, -0.1) is 0 Å². The van der Waals surface area contributed by atoms with Crippen LogP contribution in [-0.4, -0.2) is 70.6 Å². The minimum Gasteiger partial charge on any atom is -0.504 e. The van der Waals surface area contributed by atoms with E-state index in [1.54, 1.807) is 0 Å². The predicted octanol–water partition coefficient (Wildman–Crippen LogP) is 2.39. The summed E-state index contributed by atoms with van der Waals surface area (Å²) in [4.78, 5) is 39.0. The molecule has 204 valence electrons. The van der Waals surface area contributed by atoms with Gasteiger partial charge in [-0.3, -0.25) is 19.3 Å². The van der Waals surface area contributed by atoms with E-state index in [9.17, 15) is 37.8 Å². The number of alkyl halides is 3. The van der Waals surface area contributed by atoms with Gasteiger partial charge in [-0.05, 0) is 62.1 Å². The zero-order chi connectivity index (χ0) is 27.4. The molecule has 38 heavy (non-hydrogen) atoms. The Morgan fingerprint density at radius 1 is 0.842 bits per heavy atom. The molecule has 4 rings (SSSR count). The highest BCUT2D eigenvalue weighted by molar-refractivity contribution is 5.96. The molecule has 1 saturated heterocycles. The van der Waals surface area contributed by atoms with E-state index in [4.69, 9.17) is 0 Å². The average Bonchev–Trinajstić information content (AvgIpc) is 2.86. The number of phenols is 2. The number of amides is 3. The standard InChI is InChI=1S/C26H29F3N4O5/c27-26(28,29)17-3-1-2-15(10-17)24(37)30-12-23(36)31-19-13-33(14-19)20-7-5-18(6-8-20)32-25(38)16-4-9-21(34)22(35)11-16/h1-4,9-11,18-20,34-35H,5-8,12-14H2,(H,30,37)(H,31,36)(H,32,38). The summed E-state index contributed by atoms with van der Waals surface area (Å²) in [5.74, 6) is -2.12. The second-order valence-corrected chi connectivity index (χ2v) is 9.66. The molecular formula is C26H29F3N4O5. The Kier molecular flexibility index (Phi) is 8.10. The smallest absolute Gasteiger partial charge is 0.416 e. The molecule has 0 atom stereocenters. The molecule has 3 amide bonds. The first kappa shape index (κ1) is 27.2. The monoisotopic (exact) mass is 534 g/mol. The van der Waals surface area contributed by atoms with Crippen LogP contribution in [0.25, 0.3) is 0 Å². The van der Waals surface area contributed by atoms with E-state index in [1.807, 2.05) is 0 Å². The van der Waals surface area contributed by atoms with Crippen molar-refractivity contribution < 1.29 is 37.8 Å². The average molecular weight is 535 g/mol. The van der Waals surface area contributed by atoms with Crippen LogP contribution in [0.4, 0.5) is 13.2 Å². The molecule has 0 bridgehead atoms. The van der Waals surface area contributed by atoms with E-state index in [0.29, 0.717) is 19.1 Å². The fourth-order valence-corrected chi connectivity index (χ4v) is 4.80. The van der Waals surface area contributed by atoms with E-state index in [2.05, 4.69) is 20.9 Å². The van der Waals surface area contributed by atoms with Gasteiger partial charge in [0, 0.05) is 36.3 Å². The zero-order valence-corrected chi connectivity index (χ0v) is 20.4. The second-order valence-electron chi connectivity index (χ2n) is 9.66. The number of hydrogen-bond acceptors (Lipinski definition) is 6. The van der Waals surface area contributed by atoms with Gasteiger partial charge in [0.25, 0.3) is 11.8 Å². The zero-order valence-electron chi connectivity index (χ0n) is 20.4.